The lowest BCUT2D eigenvalue weighted by molar-refractivity contribution is -0.137. The third-order valence-electron chi connectivity index (χ3n) is 2.77. The SMILES string of the molecule is CC(CC(N)=O)NCC(O)c1cccc(C(F)(F)F)c1. The molecule has 1 rings (SSSR count). The van der Waals surface area contributed by atoms with Crippen LogP contribution in [0.25, 0.3) is 0 Å². The fourth-order valence-electron chi connectivity index (χ4n) is 1.73. The van der Waals surface area contributed by atoms with Gasteiger partial charge in [0.05, 0.1) is 11.7 Å². The molecule has 0 aliphatic carbocycles. The van der Waals surface area contributed by atoms with Crippen molar-refractivity contribution in [2.24, 2.45) is 5.73 Å². The molecule has 0 heterocycles. The highest BCUT2D eigenvalue weighted by Crippen LogP contribution is 2.30. The molecule has 1 amide bonds. The zero-order chi connectivity index (χ0) is 15.3. The lowest BCUT2D eigenvalue weighted by Crippen LogP contribution is -2.34. The van der Waals surface area contributed by atoms with Crippen LogP contribution in [-0.4, -0.2) is 23.6 Å². The highest BCUT2D eigenvalue weighted by atomic mass is 19.4. The van der Waals surface area contributed by atoms with Gasteiger partial charge in [-0.05, 0) is 24.6 Å². The molecule has 0 aliphatic rings. The van der Waals surface area contributed by atoms with E-state index in [9.17, 15) is 23.1 Å². The van der Waals surface area contributed by atoms with Crippen molar-refractivity contribution in [3.8, 4) is 0 Å². The molecule has 0 saturated heterocycles. The van der Waals surface area contributed by atoms with Crippen LogP contribution in [0.4, 0.5) is 13.2 Å². The number of rotatable bonds is 6. The van der Waals surface area contributed by atoms with Gasteiger partial charge in [0.1, 0.15) is 0 Å². The molecular formula is C13H17F3N2O2. The van der Waals surface area contributed by atoms with Gasteiger partial charge in [0, 0.05) is 19.0 Å². The van der Waals surface area contributed by atoms with Crippen LogP contribution >= 0.6 is 0 Å². The summed E-state index contributed by atoms with van der Waals surface area (Å²) in [5, 5.41) is 12.7. The standard InChI is InChI=1S/C13H17F3N2O2/c1-8(5-12(17)20)18-7-11(19)9-3-2-4-10(6-9)13(14,15)16/h2-4,6,8,11,18-19H,5,7H2,1H3,(H2,17,20). The molecule has 112 valence electrons. The van der Waals surface area contributed by atoms with E-state index >= 15 is 0 Å². The van der Waals surface area contributed by atoms with Crippen molar-refractivity contribution in [2.75, 3.05) is 6.54 Å². The molecule has 0 aromatic heterocycles. The van der Waals surface area contributed by atoms with Crippen LogP contribution in [0.2, 0.25) is 0 Å². The molecule has 20 heavy (non-hydrogen) atoms. The van der Waals surface area contributed by atoms with Crippen molar-refractivity contribution in [1.29, 1.82) is 0 Å². The number of hydrogen-bond acceptors (Lipinski definition) is 3. The van der Waals surface area contributed by atoms with Crippen LogP contribution in [0.5, 0.6) is 0 Å². The van der Waals surface area contributed by atoms with Gasteiger partial charge in [-0.15, -0.1) is 0 Å². The minimum atomic E-state index is -4.44. The van der Waals surface area contributed by atoms with Crippen LogP contribution in [0.3, 0.4) is 0 Å². The lowest BCUT2D eigenvalue weighted by Gasteiger charge is -2.17. The van der Waals surface area contributed by atoms with E-state index in [1.165, 1.54) is 12.1 Å². The molecule has 0 saturated carbocycles. The predicted octanol–water partition coefficient (Wildman–Crippen LogP) is 1.59. The summed E-state index contributed by atoms with van der Waals surface area (Å²) in [6, 6.07) is 4.26. The van der Waals surface area contributed by atoms with Crippen molar-refractivity contribution in [3.05, 3.63) is 35.4 Å². The average molecular weight is 290 g/mol. The van der Waals surface area contributed by atoms with Crippen molar-refractivity contribution in [1.82, 2.24) is 5.32 Å². The van der Waals surface area contributed by atoms with Crippen molar-refractivity contribution in [3.63, 3.8) is 0 Å². The Morgan fingerprint density at radius 1 is 1.45 bits per heavy atom. The number of primary amides is 1. The van der Waals surface area contributed by atoms with Crippen LogP contribution in [0.15, 0.2) is 24.3 Å². The summed E-state index contributed by atoms with van der Waals surface area (Å²) in [6.45, 7) is 1.74. The molecule has 1 aromatic carbocycles. The van der Waals surface area contributed by atoms with Crippen LogP contribution in [-0.2, 0) is 11.0 Å². The molecule has 1 aromatic rings. The molecule has 4 nitrogen and oxygen atoms in total. The van der Waals surface area contributed by atoms with Crippen molar-refractivity contribution in [2.45, 2.75) is 31.7 Å². The Hall–Kier alpha value is -1.60. The van der Waals surface area contributed by atoms with E-state index in [4.69, 9.17) is 5.73 Å². The van der Waals surface area contributed by atoms with Crippen LogP contribution in [0, 0.1) is 0 Å². The van der Waals surface area contributed by atoms with Gasteiger partial charge in [-0.1, -0.05) is 12.1 Å². The fraction of sp³-hybridized carbons (Fsp3) is 0.462. The van der Waals surface area contributed by atoms with E-state index in [0.29, 0.717) is 0 Å². The minimum absolute atomic E-state index is 0.0375. The van der Waals surface area contributed by atoms with E-state index in [1.54, 1.807) is 6.92 Å². The zero-order valence-corrected chi connectivity index (χ0v) is 10.9. The highest BCUT2D eigenvalue weighted by Gasteiger charge is 2.30. The summed E-state index contributed by atoms with van der Waals surface area (Å²) < 4.78 is 37.6. The second kappa shape index (κ2) is 6.71. The van der Waals surface area contributed by atoms with Gasteiger partial charge in [-0.25, -0.2) is 0 Å². The Bertz CT molecular complexity index is 463. The number of nitrogens with two attached hydrogens (primary N) is 1. The van der Waals surface area contributed by atoms with Crippen molar-refractivity contribution >= 4 is 5.91 Å². The molecule has 2 unspecified atom stereocenters. The summed E-state index contributed by atoms with van der Waals surface area (Å²) in [5.74, 6) is -0.487. The number of halogens is 3. The number of aliphatic hydroxyl groups excluding tert-OH is 1. The number of benzene rings is 1. The maximum Gasteiger partial charge on any atom is 0.416 e. The number of aliphatic hydroxyl groups is 1. The summed E-state index contributed by atoms with van der Waals surface area (Å²) in [5.41, 5.74) is 4.37. The lowest BCUT2D eigenvalue weighted by atomic mass is 10.1. The molecule has 7 heteroatoms. The van der Waals surface area contributed by atoms with Gasteiger partial charge in [0.2, 0.25) is 5.91 Å². The van der Waals surface area contributed by atoms with E-state index in [-0.39, 0.29) is 24.6 Å². The molecule has 0 fully saturated rings. The number of alkyl halides is 3. The second-order valence-corrected chi connectivity index (χ2v) is 4.62. The molecule has 0 radical (unpaired) electrons. The molecule has 2 atom stereocenters. The number of nitrogens with one attached hydrogen (secondary N) is 1. The first-order valence-corrected chi connectivity index (χ1v) is 6.07. The third-order valence-corrected chi connectivity index (χ3v) is 2.77. The first-order chi connectivity index (χ1) is 9.20. The number of amides is 1. The van der Waals surface area contributed by atoms with Gasteiger partial charge < -0.3 is 16.2 Å². The Labute approximate surface area is 114 Å². The Balaban J connectivity index is 2.64. The van der Waals surface area contributed by atoms with Gasteiger partial charge >= 0.3 is 6.18 Å². The monoisotopic (exact) mass is 290 g/mol. The van der Waals surface area contributed by atoms with Gasteiger partial charge in [-0.3, -0.25) is 4.79 Å². The smallest absolute Gasteiger partial charge is 0.387 e. The molecule has 0 bridgehead atoms. The van der Waals surface area contributed by atoms with Crippen LogP contribution in [0.1, 0.15) is 30.6 Å². The summed E-state index contributed by atoms with van der Waals surface area (Å²) in [4.78, 5) is 10.7. The zero-order valence-electron chi connectivity index (χ0n) is 10.9. The largest absolute Gasteiger partial charge is 0.416 e. The maximum absolute atomic E-state index is 12.5. The van der Waals surface area contributed by atoms with Gasteiger partial charge in [0.25, 0.3) is 0 Å². The number of carbonyl (C=O) groups is 1. The number of carbonyl (C=O) groups excluding carboxylic acids is 1. The molecule has 0 spiro atoms. The normalized spacial score (nSPS) is 14.8. The Kier molecular flexibility index (Phi) is 5.52. The average Bonchev–Trinajstić information content (AvgIpc) is 2.34. The quantitative estimate of drug-likeness (QED) is 0.745. The maximum atomic E-state index is 12.5. The predicted molar refractivity (Wildman–Crippen MR) is 67.7 cm³/mol. The number of hydrogen-bond donors (Lipinski definition) is 3. The van der Waals surface area contributed by atoms with E-state index in [0.717, 1.165) is 12.1 Å². The molecular weight excluding hydrogens is 273 g/mol. The first kappa shape index (κ1) is 16.5. The van der Waals surface area contributed by atoms with E-state index in [1.807, 2.05) is 0 Å². The van der Waals surface area contributed by atoms with Crippen LogP contribution < -0.4 is 11.1 Å². The summed E-state index contributed by atoms with van der Waals surface area (Å²) in [7, 11) is 0. The first-order valence-electron chi connectivity index (χ1n) is 6.07. The fourth-order valence-corrected chi connectivity index (χ4v) is 1.73. The van der Waals surface area contributed by atoms with E-state index in [2.05, 4.69) is 5.32 Å². The van der Waals surface area contributed by atoms with Gasteiger partial charge in [-0.2, -0.15) is 13.2 Å². The topological polar surface area (TPSA) is 75.4 Å². The Morgan fingerprint density at radius 3 is 2.65 bits per heavy atom. The molecule has 4 N–H and O–H groups in total. The summed E-state index contributed by atoms with van der Waals surface area (Å²) >= 11 is 0. The van der Waals surface area contributed by atoms with Crippen molar-refractivity contribution < 1.29 is 23.1 Å². The summed E-state index contributed by atoms with van der Waals surface area (Å²) in [6.07, 6.45) is -5.44. The Morgan fingerprint density at radius 2 is 2.10 bits per heavy atom. The third kappa shape index (κ3) is 5.18. The second-order valence-electron chi connectivity index (χ2n) is 4.62. The van der Waals surface area contributed by atoms with Gasteiger partial charge in [0.15, 0.2) is 0 Å². The van der Waals surface area contributed by atoms with E-state index < -0.39 is 23.8 Å². The minimum Gasteiger partial charge on any atom is -0.387 e. The molecule has 0 aliphatic heterocycles. The highest BCUT2D eigenvalue weighted by molar-refractivity contribution is 5.74.